The second kappa shape index (κ2) is 7.06. The molecule has 2 heteroatoms. The van der Waals surface area contributed by atoms with E-state index in [1.54, 1.807) is 0 Å². The first-order valence-electron chi connectivity index (χ1n) is 3.90. The van der Waals surface area contributed by atoms with Crippen molar-refractivity contribution in [3.63, 3.8) is 0 Å². The molecule has 0 radical (unpaired) electrons. The van der Waals surface area contributed by atoms with Crippen LogP contribution >= 0.6 is 0 Å². The zero-order valence-corrected chi connectivity index (χ0v) is 10.7. The number of aliphatic hydroxyl groups excluding tert-OH is 1. The molecule has 0 bridgehead atoms. The Morgan fingerprint density at radius 3 is 1.91 bits per heavy atom. The minimum atomic E-state index is -0.198. The van der Waals surface area contributed by atoms with Crippen LogP contribution in [0.3, 0.4) is 0 Å². The monoisotopic (exact) mass is 326 g/mol. The van der Waals surface area contributed by atoms with Crippen LogP contribution in [0.15, 0.2) is 12.2 Å². The summed E-state index contributed by atoms with van der Waals surface area (Å²) in [7, 11) is 0. The van der Waals surface area contributed by atoms with Crippen molar-refractivity contribution in [2.24, 2.45) is 11.8 Å². The second-order valence-electron chi connectivity index (χ2n) is 3.12. The van der Waals surface area contributed by atoms with Crippen LogP contribution in [0.5, 0.6) is 0 Å². The number of hydrogen-bond acceptors (Lipinski definition) is 1. The number of allylic oxidation sites excluding steroid dienone is 1. The van der Waals surface area contributed by atoms with Crippen molar-refractivity contribution in [1.29, 1.82) is 0 Å². The Balaban J connectivity index is 0. The normalized spacial score (nSPS) is 16.5. The number of aliphatic hydroxyl groups is 1. The van der Waals surface area contributed by atoms with Gasteiger partial charge in [0.05, 0.1) is 6.10 Å². The van der Waals surface area contributed by atoms with Crippen LogP contribution in [0, 0.1) is 11.8 Å². The molecule has 0 aromatic carbocycles. The first kappa shape index (κ1) is 13.9. The van der Waals surface area contributed by atoms with Gasteiger partial charge in [-0.05, 0) is 12.8 Å². The molecule has 1 nitrogen and oxygen atoms in total. The molecule has 0 aromatic rings. The van der Waals surface area contributed by atoms with Gasteiger partial charge in [0.25, 0.3) is 0 Å². The van der Waals surface area contributed by atoms with Gasteiger partial charge in [-0.15, -0.1) is 0 Å². The molecule has 0 rings (SSSR count). The first-order chi connectivity index (χ1) is 4.59. The molecule has 0 heterocycles. The molecule has 0 unspecified atom stereocenters. The van der Waals surface area contributed by atoms with Crippen molar-refractivity contribution < 1.29 is 26.2 Å². The molecular weight excluding hydrogens is 308 g/mol. The van der Waals surface area contributed by atoms with Gasteiger partial charge in [0.15, 0.2) is 0 Å². The summed E-state index contributed by atoms with van der Waals surface area (Å²) >= 11 is 0. The summed E-state index contributed by atoms with van der Waals surface area (Å²) in [5.74, 6) is 0.635. The van der Waals surface area contributed by atoms with E-state index in [0.717, 1.165) is 0 Å². The smallest absolute Gasteiger partial charge is 0.0622 e. The molecule has 66 valence electrons. The molecule has 0 saturated heterocycles. The van der Waals surface area contributed by atoms with E-state index < -0.39 is 0 Å². The summed E-state index contributed by atoms with van der Waals surface area (Å²) in [6.07, 6.45) is 3.82. The zero-order chi connectivity index (χ0) is 8.15. The summed E-state index contributed by atoms with van der Waals surface area (Å²) in [5, 5.41) is 9.47. The fourth-order valence-electron chi connectivity index (χ4n) is 1.02. The van der Waals surface area contributed by atoms with Gasteiger partial charge in [0, 0.05) is 27.0 Å². The summed E-state index contributed by atoms with van der Waals surface area (Å²) in [6, 6.07) is 0. The second-order valence-corrected chi connectivity index (χ2v) is 3.12. The molecule has 2 atom stereocenters. The average Bonchev–Trinajstić information content (AvgIpc) is 1.87. The quantitative estimate of drug-likeness (QED) is 0.789. The van der Waals surface area contributed by atoms with E-state index in [1.165, 1.54) is 0 Å². The fourth-order valence-corrected chi connectivity index (χ4v) is 1.02. The molecule has 0 aliphatic heterocycles. The number of rotatable bonds is 3. The summed E-state index contributed by atoms with van der Waals surface area (Å²) in [6.45, 7) is 8.07. The van der Waals surface area contributed by atoms with Crippen molar-refractivity contribution in [2.75, 3.05) is 0 Å². The third kappa shape index (κ3) is 5.64. The predicted molar refractivity (Wildman–Crippen MR) is 44.8 cm³/mol. The van der Waals surface area contributed by atoms with Gasteiger partial charge in [-0.25, -0.2) is 0 Å². The van der Waals surface area contributed by atoms with Crippen LogP contribution in [0.25, 0.3) is 0 Å². The summed E-state index contributed by atoms with van der Waals surface area (Å²) in [4.78, 5) is 0. The van der Waals surface area contributed by atoms with Gasteiger partial charge in [-0.3, -0.25) is 0 Å². The maximum absolute atomic E-state index is 9.47. The molecule has 0 amide bonds. The van der Waals surface area contributed by atoms with Crippen LogP contribution < -0.4 is 0 Å². The van der Waals surface area contributed by atoms with Gasteiger partial charge in [-0.1, -0.05) is 32.9 Å². The summed E-state index contributed by atoms with van der Waals surface area (Å²) < 4.78 is 0. The summed E-state index contributed by atoms with van der Waals surface area (Å²) in [5.41, 5.74) is 0. The Kier molecular flexibility index (Phi) is 8.95. The van der Waals surface area contributed by atoms with E-state index in [0.29, 0.717) is 5.92 Å². The Bertz CT molecular complexity index is 110. The Labute approximate surface area is 84.2 Å². The van der Waals surface area contributed by atoms with E-state index in [9.17, 15) is 5.11 Å². The first-order valence-corrected chi connectivity index (χ1v) is 3.90. The molecule has 1 N–H and O–H groups in total. The van der Waals surface area contributed by atoms with Crippen molar-refractivity contribution >= 4 is 0 Å². The standard InChI is InChI=1S/C9H18O.W/c1-5-6-8(4)9(10)7(2)3;/h5-10H,1-4H3;/b6-5+;/t8-,9+;/m1./s1. The average molecular weight is 326 g/mol. The van der Waals surface area contributed by atoms with Crippen LogP contribution in [-0.4, -0.2) is 11.2 Å². The zero-order valence-electron chi connectivity index (χ0n) is 7.74. The van der Waals surface area contributed by atoms with E-state index in [-0.39, 0.29) is 33.1 Å². The van der Waals surface area contributed by atoms with E-state index in [1.807, 2.05) is 39.8 Å². The van der Waals surface area contributed by atoms with Gasteiger partial charge in [0.2, 0.25) is 0 Å². The maximum atomic E-state index is 9.47. The van der Waals surface area contributed by atoms with Crippen LogP contribution in [0.2, 0.25) is 0 Å². The Morgan fingerprint density at radius 2 is 1.64 bits per heavy atom. The van der Waals surface area contributed by atoms with Gasteiger partial charge < -0.3 is 5.11 Å². The van der Waals surface area contributed by atoms with Crippen LogP contribution in [0.1, 0.15) is 27.7 Å². The minimum absolute atomic E-state index is 0. The molecule has 0 saturated carbocycles. The van der Waals surface area contributed by atoms with E-state index in [2.05, 4.69) is 0 Å². The Morgan fingerprint density at radius 1 is 1.18 bits per heavy atom. The molecule has 11 heavy (non-hydrogen) atoms. The largest absolute Gasteiger partial charge is 0.392 e. The topological polar surface area (TPSA) is 20.2 Å². The van der Waals surface area contributed by atoms with E-state index >= 15 is 0 Å². The Hall–Kier alpha value is 0.388. The van der Waals surface area contributed by atoms with Gasteiger partial charge in [-0.2, -0.15) is 0 Å². The third-order valence-electron chi connectivity index (χ3n) is 1.72. The van der Waals surface area contributed by atoms with Crippen molar-refractivity contribution in [3.8, 4) is 0 Å². The van der Waals surface area contributed by atoms with Crippen molar-refractivity contribution in [1.82, 2.24) is 0 Å². The van der Waals surface area contributed by atoms with Gasteiger partial charge >= 0.3 is 0 Å². The fraction of sp³-hybridized carbons (Fsp3) is 0.778. The van der Waals surface area contributed by atoms with E-state index in [4.69, 9.17) is 0 Å². The molecule has 0 spiro atoms. The van der Waals surface area contributed by atoms with Crippen molar-refractivity contribution in [3.05, 3.63) is 12.2 Å². The molecule has 0 fully saturated rings. The molecular formula is C9H18OW. The van der Waals surface area contributed by atoms with Crippen LogP contribution in [-0.2, 0) is 21.1 Å². The molecule has 0 aliphatic rings. The van der Waals surface area contributed by atoms with Gasteiger partial charge in [0.1, 0.15) is 0 Å². The van der Waals surface area contributed by atoms with Crippen molar-refractivity contribution in [2.45, 2.75) is 33.8 Å². The predicted octanol–water partition coefficient (Wildman–Crippen LogP) is 2.21. The SMILES string of the molecule is C/C=C/[C@@H](C)[C@@H](O)C(C)C.[W]. The third-order valence-corrected chi connectivity index (χ3v) is 1.72. The maximum Gasteiger partial charge on any atom is 0.0622 e. The number of hydrogen-bond donors (Lipinski definition) is 1. The minimum Gasteiger partial charge on any atom is -0.392 e. The molecule has 0 aliphatic carbocycles. The molecule has 0 aromatic heterocycles. The van der Waals surface area contributed by atoms with Crippen LogP contribution in [0.4, 0.5) is 0 Å².